The van der Waals surface area contributed by atoms with E-state index in [0.717, 1.165) is 59.3 Å². The zero-order chi connectivity index (χ0) is 70.7. The number of hydrogen-bond donors (Lipinski definition) is 0. The van der Waals surface area contributed by atoms with E-state index in [1.165, 1.54) is 122 Å². The molecule has 4 saturated heterocycles. The molecule has 4 aliphatic heterocycles. The smallest absolute Gasteiger partial charge is 0.146 e. The predicted molar refractivity (Wildman–Crippen MR) is 409 cm³/mol. The Hall–Kier alpha value is -7.94. The number of epoxide rings is 4. The van der Waals surface area contributed by atoms with Crippen LogP contribution in [0.1, 0.15) is 73.7 Å². The van der Waals surface area contributed by atoms with Gasteiger partial charge in [0.05, 0.1) is 66.1 Å². The number of ether oxygens (including phenoxy) is 10. The van der Waals surface area contributed by atoms with E-state index in [4.69, 9.17) is 42.6 Å². The van der Waals surface area contributed by atoms with Gasteiger partial charge in [-0.05, 0) is 149 Å². The fourth-order valence-electron chi connectivity index (χ4n) is 10.1. The second-order valence-electron chi connectivity index (χ2n) is 25.8. The third-order valence-electron chi connectivity index (χ3n) is 16.4. The van der Waals surface area contributed by atoms with Crippen molar-refractivity contribution >= 4 is 10.8 Å². The summed E-state index contributed by atoms with van der Waals surface area (Å²) in [6.07, 6.45) is 2.69. The highest BCUT2D eigenvalue weighted by molar-refractivity contribution is 5.84. The van der Waals surface area contributed by atoms with Crippen LogP contribution in [-0.4, -0.2) is 125 Å². The van der Waals surface area contributed by atoms with E-state index in [1.54, 1.807) is 21.3 Å². The first-order chi connectivity index (χ1) is 48.0. The van der Waals surface area contributed by atoms with Gasteiger partial charge in [0, 0.05) is 27.9 Å². The molecule has 15 rings (SSSR count). The summed E-state index contributed by atoms with van der Waals surface area (Å²) in [4.78, 5) is 0. The molecule has 0 aromatic heterocycles. The van der Waals surface area contributed by atoms with Crippen LogP contribution in [0, 0.1) is 69.2 Å². The molecular weight excluding hydrogens is 1230 g/mol. The minimum atomic E-state index is 0.352. The van der Waals surface area contributed by atoms with Crippen LogP contribution in [0.2, 0.25) is 0 Å². The highest BCUT2D eigenvalue weighted by atomic mass is 16.7. The Bertz CT molecular complexity index is 3650. The van der Waals surface area contributed by atoms with Gasteiger partial charge in [-0.2, -0.15) is 0 Å². The van der Waals surface area contributed by atoms with Gasteiger partial charge in [0.1, 0.15) is 31.2 Å². The number of hydrogen-bond acceptors (Lipinski definition) is 10. The minimum Gasteiger partial charge on any atom is -0.382 e. The van der Waals surface area contributed by atoms with Gasteiger partial charge in [0.2, 0.25) is 0 Å². The minimum absolute atomic E-state index is 0.352. The van der Waals surface area contributed by atoms with E-state index in [2.05, 4.69) is 292 Å². The summed E-state index contributed by atoms with van der Waals surface area (Å²) in [6, 6.07) is 78.5. The standard InChI is InChI=1S/C20H18.C15H14.C14H14.C12H12.C8H10.C6H12O3.C5H10O3.C5H10O2.C4H8O2/c1-15-3-7-17(8-4-15)19-11-13-20(14-12-19)18-9-5-16(2)6-10-18;1-10-3-5-14-12(7-10)9-13-8-11(2)4-6-15(13)14;1-11-3-7-13(8-4-11)14-9-5-12(2)6-10-14;1-9-3-5-12-8-10(2)4-6-11(12)7-9;1-7-3-5-8(2)6-4-7;1-7-2-3-8-4-6-5-9-6;1-6-4-7-2-5-3-8-5;1-2-6-3-5-4-7-5;1-5-2-4-3-6-4/h3-14H,1-2H3;3-8H,9H2,1-2H3;3-10H,1-2H3;3-8H,1-2H3;3-6H,1-2H3;6H,2-5H2,1H3;5H,2-4H2,1H3;5H,2-4H2,1H3;4H,2-3H2,1H3. The average molecular weight is 1340 g/mol. The molecule has 10 aromatic carbocycles. The average Bonchev–Trinajstić information content (AvgIpc) is 1.61. The van der Waals surface area contributed by atoms with Crippen molar-refractivity contribution in [1.82, 2.24) is 0 Å². The number of rotatable bonds is 17. The first kappa shape index (κ1) is 78.4. The molecule has 10 heteroatoms. The third kappa shape index (κ3) is 31.0. The van der Waals surface area contributed by atoms with Crippen molar-refractivity contribution in [3.63, 3.8) is 0 Å². The molecule has 10 nitrogen and oxygen atoms in total. The molecule has 0 spiro atoms. The molecule has 4 fully saturated rings. The summed E-state index contributed by atoms with van der Waals surface area (Å²) in [5.41, 5.74) is 26.7. The Kier molecular flexibility index (Phi) is 34.0. The van der Waals surface area contributed by atoms with Crippen LogP contribution in [-0.2, 0) is 53.8 Å². The van der Waals surface area contributed by atoms with Crippen LogP contribution in [0.5, 0.6) is 0 Å². The summed E-state index contributed by atoms with van der Waals surface area (Å²) >= 11 is 0. The van der Waals surface area contributed by atoms with Gasteiger partial charge in [-0.3, -0.25) is 0 Å². The molecule has 99 heavy (non-hydrogen) atoms. The lowest BCUT2D eigenvalue weighted by Gasteiger charge is -2.06. The second kappa shape index (κ2) is 42.9. The molecule has 4 unspecified atom stereocenters. The molecule has 0 N–H and O–H groups in total. The lowest BCUT2D eigenvalue weighted by Crippen LogP contribution is -2.06. The van der Waals surface area contributed by atoms with Gasteiger partial charge >= 0.3 is 0 Å². The van der Waals surface area contributed by atoms with Crippen LogP contribution in [0.15, 0.2) is 218 Å². The highest BCUT2D eigenvalue weighted by Gasteiger charge is 2.24. The Morgan fingerprint density at radius 3 is 0.848 bits per heavy atom. The van der Waals surface area contributed by atoms with Crippen molar-refractivity contribution in [2.75, 3.05) is 101 Å². The molecule has 1 aliphatic carbocycles. The van der Waals surface area contributed by atoms with E-state index in [9.17, 15) is 0 Å². The molecule has 0 saturated carbocycles. The van der Waals surface area contributed by atoms with Gasteiger partial charge in [-0.25, -0.2) is 0 Å². The van der Waals surface area contributed by atoms with Gasteiger partial charge in [-0.15, -0.1) is 0 Å². The van der Waals surface area contributed by atoms with Gasteiger partial charge in [0.15, 0.2) is 0 Å². The van der Waals surface area contributed by atoms with E-state index in [-0.39, 0.29) is 0 Å². The number of methoxy groups -OCH3 is 3. The summed E-state index contributed by atoms with van der Waals surface area (Å²) in [7, 11) is 4.95. The second-order valence-corrected chi connectivity index (χ2v) is 25.8. The van der Waals surface area contributed by atoms with Crippen molar-refractivity contribution in [1.29, 1.82) is 0 Å². The quantitative estimate of drug-likeness (QED) is 0.0497. The molecule has 4 atom stereocenters. The first-order valence-electron chi connectivity index (χ1n) is 34.7. The Labute approximate surface area is 592 Å². The lowest BCUT2D eigenvalue weighted by molar-refractivity contribution is -0.0351. The molecule has 0 radical (unpaired) electrons. The van der Waals surface area contributed by atoms with Crippen LogP contribution in [0.4, 0.5) is 0 Å². The molecule has 0 amide bonds. The maximum atomic E-state index is 5.15. The van der Waals surface area contributed by atoms with E-state index in [1.807, 2.05) is 6.92 Å². The van der Waals surface area contributed by atoms with E-state index in [0.29, 0.717) is 51.0 Å². The zero-order valence-electron chi connectivity index (χ0n) is 61.4. The van der Waals surface area contributed by atoms with Crippen LogP contribution < -0.4 is 0 Å². The van der Waals surface area contributed by atoms with Crippen molar-refractivity contribution in [2.24, 2.45) is 0 Å². The van der Waals surface area contributed by atoms with E-state index < -0.39 is 0 Å². The first-order valence-corrected chi connectivity index (χ1v) is 34.7. The van der Waals surface area contributed by atoms with Crippen LogP contribution in [0.3, 0.4) is 0 Å². The Balaban J connectivity index is 0.000000161. The van der Waals surface area contributed by atoms with Crippen molar-refractivity contribution in [3.8, 4) is 44.5 Å². The van der Waals surface area contributed by atoms with Crippen LogP contribution >= 0.6 is 0 Å². The fraction of sp³-hybridized carbons (Fsp3) is 0.348. The third-order valence-corrected chi connectivity index (χ3v) is 16.4. The summed E-state index contributed by atoms with van der Waals surface area (Å²) in [6.45, 7) is 32.2. The van der Waals surface area contributed by atoms with E-state index >= 15 is 0 Å². The number of fused-ring (bicyclic) bond motifs is 4. The SMILES string of the molecule is CCOCC1CO1.COCC1CO1.COCCOCC1CO1.COCOCC1CO1.Cc1ccc(-c2ccc(-c3ccc(C)cc3)cc2)cc1.Cc1ccc(-c2ccc(C)cc2)cc1.Cc1ccc(C)cc1.Cc1ccc2c(c1)Cc1cc(C)ccc1-2.Cc1ccc2cc(C)ccc2c1. The molecule has 524 valence electrons. The zero-order valence-corrected chi connectivity index (χ0v) is 61.4. The monoisotopic (exact) mass is 1340 g/mol. The molecule has 5 aliphatic rings. The lowest BCUT2D eigenvalue weighted by atomic mass is 9.99. The van der Waals surface area contributed by atoms with Crippen molar-refractivity contribution < 1.29 is 47.4 Å². The summed E-state index contributed by atoms with van der Waals surface area (Å²) in [5, 5.41) is 2.67. The molecular formula is C89H108O10. The fourth-order valence-corrected chi connectivity index (χ4v) is 10.1. The Morgan fingerprint density at radius 2 is 0.556 bits per heavy atom. The summed E-state index contributed by atoms with van der Waals surface area (Å²) in [5.74, 6) is 0. The van der Waals surface area contributed by atoms with Crippen LogP contribution in [0.25, 0.3) is 55.3 Å². The maximum absolute atomic E-state index is 5.15. The van der Waals surface area contributed by atoms with Crippen molar-refractivity contribution in [3.05, 3.63) is 285 Å². The van der Waals surface area contributed by atoms with Gasteiger partial charge in [0.25, 0.3) is 0 Å². The number of aryl methyl sites for hydroxylation is 10. The molecule has 10 aromatic rings. The molecule has 0 bridgehead atoms. The predicted octanol–water partition coefficient (Wildman–Crippen LogP) is 19.7. The Morgan fingerprint density at radius 1 is 0.283 bits per heavy atom. The maximum Gasteiger partial charge on any atom is 0.146 e. The number of benzene rings is 10. The molecule has 4 heterocycles. The highest BCUT2D eigenvalue weighted by Crippen LogP contribution is 2.37. The normalized spacial score (nSPS) is 15.6. The largest absolute Gasteiger partial charge is 0.382 e. The van der Waals surface area contributed by atoms with Gasteiger partial charge in [-0.1, -0.05) is 274 Å². The topological polar surface area (TPSA) is 106 Å². The summed E-state index contributed by atoms with van der Waals surface area (Å²) < 4.78 is 48.8. The van der Waals surface area contributed by atoms with Crippen molar-refractivity contribution in [2.45, 2.75) is 107 Å². The van der Waals surface area contributed by atoms with Gasteiger partial charge < -0.3 is 47.4 Å².